The van der Waals surface area contributed by atoms with Crippen LogP contribution in [0.3, 0.4) is 0 Å². The average Bonchev–Trinajstić information content (AvgIpc) is 1.82. The third kappa shape index (κ3) is 6.03. The van der Waals surface area contributed by atoms with Crippen LogP contribution in [0.25, 0.3) is 0 Å². The van der Waals surface area contributed by atoms with E-state index in [4.69, 9.17) is 0 Å². The number of aliphatic hydroxyl groups is 1. The van der Waals surface area contributed by atoms with Crippen molar-refractivity contribution in [1.29, 1.82) is 0 Å². The van der Waals surface area contributed by atoms with E-state index in [1.54, 1.807) is 0 Å². The van der Waals surface area contributed by atoms with Gasteiger partial charge in [-0.1, -0.05) is 6.58 Å². The van der Waals surface area contributed by atoms with Crippen LogP contribution >= 0.6 is 0 Å². The lowest BCUT2D eigenvalue weighted by Gasteiger charge is -2.25. The quantitative estimate of drug-likeness (QED) is 0.468. The highest BCUT2D eigenvalue weighted by molar-refractivity contribution is 5.92. The van der Waals surface area contributed by atoms with E-state index in [-0.39, 0.29) is 11.3 Å². The van der Waals surface area contributed by atoms with Crippen molar-refractivity contribution in [2.75, 3.05) is 27.7 Å². The van der Waals surface area contributed by atoms with E-state index in [1.165, 1.54) is 0 Å². The Kier molecular flexibility index (Phi) is 5.80. The molecule has 12 heavy (non-hydrogen) atoms. The number of rotatable bonds is 4. The lowest BCUT2D eigenvalue weighted by atomic mass is 10.2. The van der Waals surface area contributed by atoms with Gasteiger partial charge in [-0.15, -0.1) is 0 Å². The Hall–Kier alpha value is -0.710. The van der Waals surface area contributed by atoms with Crippen LogP contribution in [0.1, 0.15) is 0 Å². The van der Waals surface area contributed by atoms with Gasteiger partial charge in [0, 0.05) is 0 Å². The summed E-state index contributed by atoms with van der Waals surface area (Å²) in [5.41, 5.74) is 0. The normalized spacial score (nSPS) is 13.0. The summed E-state index contributed by atoms with van der Waals surface area (Å²) in [5, 5.41) is 9.22. The second kappa shape index (κ2) is 5.03. The molecule has 0 aromatic carbocycles. The van der Waals surface area contributed by atoms with E-state index in [2.05, 4.69) is 6.58 Å². The van der Waals surface area contributed by atoms with Crippen molar-refractivity contribution in [1.82, 2.24) is 0 Å². The first-order valence-corrected chi connectivity index (χ1v) is 3.51. The van der Waals surface area contributed by atoms with E-state index in [1.807, 2.05) is 21.1 Å². The molecule has 4 nitrogen and oxygen atoms in total. The number of carbonyl (C=O) groups excluding carboxylic acids is 1. The molecule has 0 spiro atoms. The summed E-state index contributed by atoms with van der Waals surface area (Å²) < 4.78 is 0.570. The Balaban J connectivity index is 0. The van der Waals surface area contributed by atoms with E-state index in [0.29, 0.717) is 11.0 Å². The van der Waals surface area contributed by atoms with E-state index in [9.17, 15) is 9.90 Å². The Bertz CT molecular complexity index is 160. The van der Waals surface area contributed by atoms with Crippen molar-refractivity contribution >= 4 is 5.78 Å². The molecule has 4 heteroatoms. The van der Waals surface area contributed by atoms with Gasteiger partial charge in [-0.3, -0.25) is 4.79 Å². The summed E-state index contributed by atoms with van der Waals surface area (Å²) in [6.07, 6.45) is 0.243. The van der Waals surface area contributed by atoms with Gasteiger partial charge in [0.15, 0.2) is 11.9 Å². The minimum Gasteiger partial charge on any atom is -0.870 e. The average molecular weight is 175 g/mol. The Morgan fingerprint density at radius 3 is 2.25 bits per heavy atom. The van der Waals surface area contributed by atoms with Crippen molar-refractivity contribution in [3.8, 4) is 0 Å². The minimum absolute atomic E-state index is 0. The molecular weight excluding hydrogens is 158 g/mol. The zero-order valence-electron chi connectivity index (χ0n) is 7.82. The van der Waals surface area contributed by atoms with Gasteiger partial charge in [-0.25, -0.2) is 0 Å². The molecule has 0 aliphatic carbocycles. The molecule has 0 bridgehead atoms. The Morgan fingerprint density at radius 1 is 1.58 bits per heavy atom. The van der Waals surface area contributed by atoms with E-state index < -0.39 is 6.10 Å². The molecule has 0 radical (unpaired) electrons. The third-order valence-corrected chi connectivity index (χ3v) is 1.25. The van der Waals surface area contributed by atoms with Gasteiger partial charge in [-0.2, -0.15) is 0 Å². The topological polar surface area (TPSA) is 67.3 Å². The molecule has 0 aromatic rings. The van der Waals surface area contributed by atoms with E-state index >= 15 is 0 Å². The molecule has 0 heterocycles. The number of aliphatic hydroxyl groups excluding tert-OH is 1. The summed E-state index contributed by atoms with van der Waals surface area (Å²) in [6, 6.07) is 0. The lowest BCUT2D eigenvalue weighted by Crippen LogP contribution is -2.43. The molecule has 1 atom stereocenters. The number of carbonyl (C=O) groups is 1. The first-order valence-electron chi connectivity index (χ1n) is 3.51. The van der Waals surface area contributed by atoms with Gasteiger partial charge in [0.1, 0.15) is 6.54 Å². The molecule has 72 valence electrons. The molecule has 0 rings (SSSR count). The zero-order valence-corrected chi connectivity index (χ0v) is 7.82. The van der Waals surface area contributed by atoms with Crippen LogP contribution in [-0.2, 0) is 4.79 Å². The Labute approximate surface area is 73.0 Å². The summed E-state index contributed by atoms with van der Waals surface area (Å²) in [4.78, 5) is 10.8. The van der Waals surface area contributed by atoms with Crippen LogP contribution in [0.2, 0.25) is 0 Å². The SMILES string of the molecule is C=CC(=O)C(O)C[N+](C)(C)C.[OH-]. The standard InChI is InChI=1S/C8H16NO2.H2O/c1-5-7(10)8(11)6-9(2,3)4;/h5,8,11H,1,6H2,2-4H3;1H2/q+1;/p-1. The monoisotopic (exact) mass is 175 g/mol. The summed E-state index contributed by atoms with van der Waals surface area (Å²) in [7, 11) is 5.75. The molecule has 0 saturated carbocycles. The highest BCUT2D eigenvalue weighted by Gasteiger charge is 2.19. The number of likely N-dealkylation sites (N-methyl/N-ethyl adjacent to an activating group) is 1. The molecule has 1 unspecified atom stereocenters. The smallest absolute Gasteiger partial charge is 0.189 e. The van der Waals surface area contributed by atoms with Gasteiger partial charge in [-0.05, 0) is 6.08 Å². The number of quaternary nitrogens is 1. The maximum Gasteiger partial charge on any atom is 0.189 e. The van der Waals surface area contributed by atoms with Crippen molar-refractivity contribution < 1.29 is 19.9 Å². The molecule has 0 aliphatic rings. The lowest BCUT2D eigenvalue weighted by molar-refractivity contribution is -0.872. The fraction of sp³-hybridized carbons (Fsp3) is 0.625. The predicted octanol–water partition coefficient (Wildman–Crippen LogP) is -0.368. The van der Waals surface area contributed by atoms with Crippen LogP contribution in [0.15, 0.2) is 12.7 Å². The van der Waals surface area contributed by atoms with Gasteiger partial charge in [0.05, 0.1) is 21.1 Å². The van der Waals surface area contributed by atoms with Crippen LogP contribution in [0, 0.1) is 0 Å². The molecule has 0 fully saturated rings. The highest BCUT2D eigenvalue weighted by Crippen LogP contribution is 1.96. The molecular formula is C8H17NO3. The minimum atomic E-state index is -0.910. The largest absolute Gasteiger partial charge is 0.870 e. The molecule has 0 aliphatic heterocycles. The summed E-state index contributed by atoms with van der Waals surface area (Å²) >= 11 is 0. The van der Waals surface area contributed by atoms with Gasteiger partial charge < -0.3 is 15.1 Å². The summed E-state index contributed by atoms with van der Waals surface area (Å²) in [6.45, 7) is 3.72. The number of ketones is 1. The second-order valence-electron chi connectivity index (χ2n) is 3.60. The fourth-order valence-electron chi connectivity index (χ4n) is 0.745. The highest BCUT2D eigenvalue weighted by atomic mass is 16.3. The van der Waals surface area contributed by atoms with Crippen molar-refractivity contribution in [2.24, 2.45) is 0 Å². The summed E-state index contributed by atoms with van der Waals surface area (Å²) in [5.74, 6) is -0.307. The van der Waals surface area contributed by atoms with Crippen LogP contribution in [-0.4, -0.2) is 54.6 Å². The van der Waals surface area contributed by atoms with Crippen molar-refractivity contribution in [3.63, 3.8) is 0 Å². The van der Waals surface area contributed by atoms with Crippen LogP contribution in [0.4, 0.5) is 0 Å². The van der Waals surface area contributed by atoms with Gasteiger partial charge in [0.2, 0.25) is 0 Å². The maximum absolute atomic E-state index is 10.8. The molecule has 0 aromatic heterocycles. The van der Waals surface area contributed by atoms with Gasteiger partial charge in [0.25, 0.3) is 0 Å². The van der Waals surface area contributed by atoms with Gasteiger partial charge >= 0.3 is 0 Å². The zero-order chi connectivity index (χ0) is 9.07. The first-order chi connectivity index (χ1) is 4.87. The molecule has 0 saturated heterocycles. The van der Waals surface area contributed by atoms with Crippen LogP contribution < -0.4 is 0 Å². The third-order valence-electron chi connectivity index (χ3n) is 1.25. The Morgan fingerprint density at radius 2 is 2.00 bits per heavy atom. The fourth-order valence-corrected chi connectivity index (χ4v) is 0.745. The number of hydrogen-bond donors (Lipinski definition) is 1. The van der Waals surface area contributed by atoms with Crippen molar-refractivity contribution in [3.05, 3.63) is 12.7 Å². The number of nitrogens with zero attached hydrogens (tertiary/aromatic N) is 1. The predicted molar refractivity (Wildman–Crippen MR) is 46.0 cm³/mol. The number of hydrogen-bond acceptors (Lipinski definition) is 3. The van der Waals surface area contributed by atoms with Crippen LogP contribution in [0.5, 0.6) is 0 Å². The maximum atomic E-state index is 10.8. The second-order valence-corrected chi connectivity index (χ2v) is 3.60. The first kappa shape index (κ1) is 13.9. The molecule has 2 N–H and O–H groups in total. The van der Waals surface area contributed by atoms with E-state index in [0.717, 1.165) is 6.08 Å². The van der Waals surface area contributed by atoms with Crippen molar-refractivity contribution in [2.45, 2.75) is 6.10 Å². The molecule has 0 amide bonds.